The van der Waals surface area contributed by atoms with Crippen molar-refractivity contribution in [2.75, 3.05) is 49.1 Å². The molecule has 0 spiro atoms. The molecule has 166 valence electrons. The van der Waals surface area contributed by atoms with E-state index in [1.165, 1.54) is 12.8 Å². The minimum absolute atomic E-state index is 0.121. The van der Waals surface area contributed by atoms with Crippen molar-refractivity contribution in [2.24, 2.45) is 5.92 Å². The minimum Gasteiger partial charge on any atom is -0.355 e. The fourth-order valence-electron chi connectivity index (χ4n) is 4.21. The molecule has 2 aliphatic heterocycles. The second-order valence-electron chi connectivity index (χ2n) is 8.52. The van der Waals surface area contributed by atoms with Crippen LogP contribution < -0.4 is 9.80 Å². The number of piperidine rings is 1. The lowest BCUT2D eigenvalue weighted by atomic mass is 9.99. The maximum Gasteiger partial charge on any atom is 0.276 e. The lowest BCUT2D eigenvalue weighted by molar-refractivity contribution is 0.0736. The van der Waals surface area contributed by atoms with Crippen LogP contribution in [0.1, 0.15) is 30.3 Å². The quantitative estimate of drug-likeness (QED) is 0.620. The van der Waals surface area contributed by atoms with Crippen molar-refractivity contribution >= 4 is 17.5 Å². The van der Waals surface area contributed by atoms with Crippen molar-refractivity contribution < 1.29 is 9.32 Å². The zero-order valence-corrected chi connectivity index (χ0v) is 18.2. The van der Waals surface area contributed by atoms with Crippen LogP contribution in [0.15, 0.2) is 47.2 Å². The summed E-state index contributed by atoms with van der Waals surface area (Å²) in [6.07, 6.45) is 5.78. The third-order valence-electron chi connectivity index (χ3n) is 6.31. The highest BCUT2D eigenvalue weighted by Gasteiger charge is 2.26. The van der Waals surface area contributed by atoms with Crippen molar-refractivity contribution in [2.45, 2.75) is 19.8 Å². The van der Waals surface area contributed by atoms with Gasteiger partial charge in [0.05, 0.1) is 0 Å². The molecule has 0 radical (unpaired) electrons. The maximum atomic E-state index is 12.9. The summed E-state index contributed by atoms with van der Waals surface area (Å²) in [6, 6.07) is 9.47. The molecule has 0 atom stereocenters. The first-order valence-electron chi connectivity index (χ1n) is 11.2. The first kappa shape index (κ1) is 20.4. The van der Waals surface area contributed by atoms with Gasteiger partial charge in [0.2, 0.25) is 0 Å². The number of amides is 1. The number of carbonyl (C=O) groups excluding carboxylic acids is 1. The number of piperazine rings is 1. The van der Waals surface area contributed by atoms with Gasteiger partial charge in [-0.25, -0.2) is 0 Å². The average molecular weight is 434 g/mol. The second kappa shape index (κ2) is 8.94. The predicted molar refractivity (Wildman–Crippen MR) is 120 cm³/mol. The molecule has 3 aromatic rings. The van der Waals surface area contributed by atoms with Gasteiger partial charge < -0.3 is 19.2 Å². The van der Waals surface area contributed by atoms with E-state index in [1.54, 1.807) is 23.4 Å². The summed E-state index contributed by atoms with van der Waals surface area (Å²) in [7, 11) is 0. The van der Waals surface area contributed by atoms with E-state index in [-0.39, 0.29) is 5.91 Å². The third-order valence-corrected chi connectivity index (χ3v) is 6.31. The first-order chi connectivity index (χ1) is 15.7. The summed E-state index contributed by atoms with van der Waals surface area (Å²) in [5.74, 6) is 3.01. The molecule has 9 nitrogen and oxygen atoms in total. The highest BCUT2D eigenvalue weighted by molar-refractivity contribution is 5.93. The van der Waals surface area contributed by atoms with Gasteiger partial charge in [-0.15, -0.1) is 10.2 Å². The van der Waals surface area contributed by atoms with Gasteiger partial charge >= 0.3 is 0 Å². The average Bonchev–Trinajstić information content (AvgIpc) is 3.35. The van der Waals surface area contributed by atoms with Crippen LogP contribution in [0.2, 0.25) is 0 Å². The second-order valence-corrected chi connectivity index (χ2v) is 8.52. The smallest absolute Gasteiger partial charge is 0.276 e. The van der Waals surface area contributed by atoms with Gasteiger partial charge in [-0.3, -0.25) is 9.78 Å². The molecule has 2 aliphatic rings. The van der Waals surface area contributed by atoms with E-state index in [0.29, 0.717) is 37.6 Å². The molecule has 32 heavy (non-hydrogen) atoms. The van der Waals surface area contributed by atoms with Crippen LogP contribution in [-0.4, -0.2) is 70.4 Å². The Balaban J connectivity index is 1.17. The van der Waals surface area contributed by atoms with Crippen molar-refractivity contribution in [1.29, 1.82) is 0 Å². The summed E-state index contributed by atoms with van der Waals surface area (Å²) >= 11 is 0. The fourth-order valence-corrected chi connectivity index (χ4v) is 4.21. The molecule has 0 unspecified atom stereocenters. The third kappa shape index (κ3) is 4.28. The molecule has 0 N–H and O–H groups in total. The van der Waals surface area contributed by atoms with E-state index in [2.05, 4.69) is 43.1 Å². The molecule has 1 amide bonds. The monoisotopic (exact) mass is 433 g/mol. The Morgan fingerprint density at radius 3 is 2.28 bits per heavy atom. The zero-order valence-electron chi connectivity index (χ0n) is 18.2. The Morgan fingerprint density at radius 1 is 0.969 bits per heavy atom. The molecule has 2 fully saturated rings. The molecule has 9 heteroatoms. The summed E-state index contributed by atoms with van der Waals surface area (Å²) in [5, 5.41) is 12.9. The van der Waals surface area contributed by atoms with E-state index >= 15 is 0 Å². The summed E-state index contributed by atoms with van der Waals surface area (Å²) in [5.41, 5.74) is 1.11. The van der Waals surface area contributed by atoms with Crippen LogP contribution >= 0.6 is 0 Å². The summed E-state index contributed by atoms with van der Waals surface area (Å²) in [6.45, 7) is 6.99. The Labute approximate surface area is 187 Å². The van der Waals surface area contributed by atoms with Crippen LogP contribution in [0.3, 0.4) is 0 Å². The van der Waals surface area contributed by atoms with Gasteiger partial charge in [0, 0.05) is 63.3 Å². The lowest BCUT2D eigenvalue weighted by Crippen LogP contribution is -2.49. The Bertz CT molecular complexity index is 1040. The number of hydrogen-bond acceptors (Lipinski definition) is 8. The van der Waals surface area contributed by atoms with Crippen LogP contribution in [0.5, 0.6) is 0 Å². The molecule has 0 aliphatic carbocycles. The summed E-state index contributed by atoms with van der Waals surface area (Å²) < 4.78 is 5.35. The molecule has 0 bridgehead atoms. The number of pyridine rings is 1. The van der Waals surface area contributed by atoms with Gasteiger partial charge in [-0.1, -0.05) is 12.1 Å². The van der Waals surface area contributed by atoms with Gasteiger partial charge in [0.15, 0.2) is 23.1 Å². The largest absolute Gasteiger partial charge is 0.355 e. The zero-order chi connectivity index (χ0) is 21.9. The van der Waals surface area contributed by atoms with Crippen molar-refractivity contribution in [3.63, 3.8) is 0 Å². The van der Waals surface area contributed by atoms with Crippen LogP contribution in [-0.2, 0) is 0 Å². The molecule has 0 aromatic carbocycles. The maximum absolute atomic E-state index is 12.9. The molecule has 5 rings (SSSR count). The first-order valence-corrected chi connectivity index (χ1v) is 11.2. The van der Waals surface area contributed by atoms with Crippen molar-refractivity contribution in [3.8, 4) is 11.3 Å². The Hall–Kier alpha value is -3.49. The molecule has 0 saturated carbocycles. The molecular weight excluding hydrogens is 406 g/mol. The fraction of sp³-hybridized carbons (Fsp3) is 0.435. The number of carbonyl (C=O) groups is 1. The Morgan fingerprint density at radius 2 is 1.66 bits per heavy atom. The van der Waals surface area contributed by atoms with E-state index in [4.69, 9.17) is 4.52 Å². The predicted octanol–water partition coefficient (Wildman–Crippen LogP) is 2.73. The summed E-state index contributed by atoms with van der Waals surface area (Å²) in [4.78, 5) is 23.2. The number of rotatable bonds is 4. The van der Waals surface area contributed by atoms with Gasteiger partial charge in [-0.2, -0.15) is 0 Å². The normalized spacial score (nSPS) is 17.6. The Kier molecular flexibility index (Phi) is 5.70. The molecular formula is C23H27N7O2. The number of nitrogens with zero attached hydrogens (tertiary/aromatic N) is 7. The molecule has 2 saturated heterocycles. The van der Waals surface area contributed by atoms with E-state index in [0.717, 1.165) is 36.2 Å². The topological polar surface area (TPSA) is 91.5 Å². The number of anilines is 2. The molecule has 5 heterocycles. The van der Waals surface area contributed by atoms with Crippen molar-refractivity contribution in [3.05, 3.63) is 48.4 Å². The standard InChI is InChI=1S/C23H27N7O2/c1-17-6-9-28(10-7-17)21-4-5-22(26-25-21)29-11-13-30(14-12-29)23(31)19-15-20(32-27-19)18-3-2-8-24-16-18/h2-5,8,15-17H,6-7,9-14H2,1H3. The van der Waals surface area contributed by atoms with Crippen LogP contribution in [0, 0.1) is 5.92 Å². The van der Waals surface area contributed by atoms with E-state index < -0.39 is 0 Å². The van der Waals surface area contributed by atoms with Crippen molar-refractivity contribution in [1.82, 2.24) is 25.2 Å². The van der Waals surface area contributed by atoms with E-state index in [9.17, 15) is 4.79 Å². The molecule has 3 aromatic heterocycles. The van der Waals surface area contributed by atoms with Gasteiger partial charge in [0.1, 0.15) is 0 Å². The van der Waals surface area contributed by atoms with Crippen LogP contribution in [0.4, 0.5) is 11.6 Å². The highest BCUT2D eigenvalue weighted by atomic mass is 16.5. The highest BCUT2D eigenvalue weighted by Crippen LogP contribution is 2.23. The SMILES string of the molecule is CC1CCN(c2ccc(N3CCN(C(=O)c4cc(-c5cccnc5)on4)CC3)nn2)CC1. The lowest BCUT2D eigenvalue weighted by Gasteiger charge is -2.35. The van der Waals surface area contributed by atoms with Gasteiger partial charge in [0.25, 0.3) is 5.91 Å². The number of hydrogen-bond donors (Lipinski definition) is 0. The van der Waals surface area contributed by atoms with Crippen LogP contribution in [0.25, 0.3) is 11.3 Å². The van der Waals surface area contributed by atoms with Gasteiger partial charge in [-0.05, 0) is 43.0 Å². The van der Waals surface area contributed by atoms with E-state index in [1.807, 2.05) is 18.2 Å². The minimum atomic E-state index is -0.121. The number of aromatic nitrogens is 4.